The van der Waals surface area contributed by atoms with E-state index in [1.807, 2.05) is 20.8 Å². The molecule has 3 N–H and O–H groups in total. The molecule has 17 heavy (non-hydrogen) atoms. The predicted octanol–water partition coefficient (Wildman–Crippen LogP) is 0.529. The van der Waals surface area contributed by atoms with Crippen molar-refractivity contribution in [1.29, 1.82) is 0 Å². The molecule has 0 aliphatic rings. The Balaban J connectivity index is 3.84. The molecule has 1 atom stereocenters. The topological polar surface area (TPSA) is 73.6 Å². The molecule has 0 aliphatic heterocycles. The van der Waals surface area contributed by atoms with Gasteiger partial charge in [-0.2, -0.15) is 0 Å². The van der Waals surface area contributed by atoms with Gasteiger partial charge in [0.2, 0.25) is 5.91 Å². The molecule has 0 aliphatic carbocycles. The number of carbonyl (C=O) groups is 1. The highest BCUT2D eigenvalue weighted by molar-refractivity contribution is 5.76. The van der Waals surface area contributed by atoms with Gasteiger partial charge in [-0.15, -0.1) is 0 Å². The average molecular weight is 246 g/mol. The molecule has 0 aromatic heterocycles. The third-order valence-corrected chi connectivity index (χ3v) is 3.03. The molecular formula is C12H26N2O3. The van der Waals surface area contributed by atoms with Gasteiger partial charge >= 0.3 is 0 Å². The van der Waals surface area contributed by atoms with Crippen LogP contribution in [0.4, 0.5) is 0 Å². The van der Waals surface area contributed by atoms with Crippen LogP contribution in [0.1, 0.15) is 27.2 Å². The molecule has 102 valence electrons. The predicted molar refractivity (Wildman–Crippen MR) is 67.8 cm³/mol. The summed E-state index contributed by atoms with van der Waals surface area (Å²) in [4.78, 5) is 11.7. The second-order valence-corrected chi connectivity index (χ2v) is 4.68. The summed E-state index contributed by atoms with van der Waals surface area (Å²) in [7, 11) is 1.62. The number of carbonyl (C=O) groups excluding carboxylic acids is 1. The first-order chi connectivity index (χ1) is 7.96. The molecule has 0 saturated heterocycles. The first-order valence-electron chi connectivity index (χ1n) is 6.04. The lowest BCUT2D eigenvalue weighted by atomic mass is 9.88. The van der Waals surface area contributed by atoms with Crippen LogP contribution in [0, 0.1) is 5.92 Å². The van der Waals surface area contributed by atoms with E-state index >= 15 is 0 Å². The molecule has 1 unspecified atom stereocenters. The molecule has 0 saturated carbocycles. The largest absolute Gasteiger partial charge is 0.382 e. The first kappa shape index (κ1) is 16.4. The number of methoxy groups -OCH3 is 1. The Labute approximate surface area is 104 Å². The maximum Gasteiger partial charge on any atom is 0.222 e. The van der Waals surface area contributed by atoms with E-state index < -0.39 is 0 Å². The lowest BCUT2D eigenvalue weighted by Crippen LogP contribution is -2.55. The van der Waals surface area contributed by atoms with Crippen molar-refractivity contribution in [2.45, 2.75) is 32.7 Å². The van der Waals surface area contributed by atoms with E-state index in [1.165, 1.54) is 0 Å². The van der Waals surface area contributed by atoms with Gasteiger partial charge in [-0.1, -0.05) is 13.8 Å². The number of nitrogens with one attached hydrogen (secondary N) is 1. The highest BCUT2D eigenvalue weighted by Crippen LogP contribution is 2.14. The van der Waals surface area contributed by atoms with Crippen molar-refractivity contribution in [2.75, 3.05) is 33.5 Å². The fourth-order valence-corrected chi connectivity index (χ4v) is 1.22. The zero-order valence-corrected chi connectivity index (χ0v) is 11.4. The van der Waals surface area contributed by atoms with Crippen LogP contribution in [0.25, 0.3) is 0 Å². The fraction of sp³-hybridized carbons (Fsp3) is 0.917. The number of nitrogens with two attached hydrogens (primary N) is 1. The van der Waals surface area contributed by atoms with Gasteiger partial charge in [0.05, 0.1) is 25.4 Å². The van der Waals surface area contributed by atoms with Gasteiger partial charge in [0, 0.05) is 20.1 Å². The highest BCUT2D eigenvalue weighted by atomic mass is 16.5. The van der Waals surface area contributed by atoms with E-state index in [-0.39, 0.29) is 11.4 Å². The molecule has 0 aromatic carbocycles. The summed E-state index contributed by atoms with van der Waals surface area (Å²) < 4.78 is 10.1. The Kier molecular flexibility index (Phi) is 8.12. The SMILES string of the molecule is COCCOCCC(=O)NC(C)(CN)C(C)C. The summed E-state index contributed by atoms with van der Waals surface area (Å²) in [5.41, 5.74) is 5.34. The van der Waals surface area contributed by atoms with Crippen LogP contribution in [0.3, 0.4) is 0 Å². The monoisotopic (exact) mass is 246 g/mol. The van der Waals surface area contributed by atoms with Gasteiger partial charge in [-0.05, 0) is 12.8 Å². The van der Waals surface area contributed by atoms with Crippen LogP contribution in [0.15, 0.2) is 0 Å². The standard InChI is InChI=1S/C12H26N2O3/c1-10(2)12(3,9-13)14-11(15)5-6-17-8-7-16-4/h10H,5-9,13H2,1-4H3,(H,14,15). The zero-order valence-electron chi connectivity index (χ0n) is 11.4. The molecule has 5 nitrogen and oxygen atoms in total. The summed E-state index contributed by atoms with van der Waals surface area (Å²) in [5, 5.41) is 2.96. The number of hydrogen-bond acceptors (Lipinski definition) is 4. The van der Waals surface area contributed by atoms with Gasteiger partial charge in [0.1, 0.15) is 0 Å². The summed E-state index contributed by atoms with van der Waals surface area (Å²) in [6, 6.07) is 0. The Morgan fingerprint density at radius 1 is 1.35 bits per heavy atom. The zero-order chi connectivity index (χ0) is 13.3. The van der Waals surface area contributed by atoms with Crippen LogP contribution in [0.5, 0.6) is 0 Å². The Morgan fingerprint density at radius 2 is 2.00 bits per heavy atom. The minimum Gasteiger partial charge on any atom is -0.382 e. The molecule has 0 spiro atoms. The van der Waals surface area contributed by atoms with Crippen molar-refractivity contribution in [3.8, 4) is 0 Å². The molecule has 1 amide bonds. The Hall–Kier alpha value is -0.650. The molecule has 0 radical (unpaired) electrons. The summed E-state index contributed by atoms with van der Waals surface area (Å²) in [5.74, 6) is 0.273. The maximum atomic E-state index is 11.7. The van der Waals surface area contributed by atoms with Crippen molar-refractivity contribution < 1.29 is 14.3 Å². The van der Waals surface area contributed by atoms with Crippen molar-refractivity contribution in [3.05, 3.63) is 0 Å². The van der Waals surface area contributed by atoms with E-state index in [2.05, 4.69) is 5.32 Å². The number of amides is 1. The highest BCUT2D eigenvalue weighted by Gasteiger charge is 2.28. The van der Waals surface area contributed by atoms with Gasteiger partial charge in [0.25, 0.3) is 0 Å². The van der Waals surface area contributed by atoms with E-state index in [0.29, 0.717) is 38.7 Å². The molecule has 0 aromatic rings. The van der Waals surface area contributed by atoms with E-state index in [0.717, 1.165) is 0 Å². The first-order valence-corrected chi connectivity index (χ1v) is 6.04. The Bertz CT molecular complexity index is 222. The van der Waals surface area contributed by atoms with Crippen molar-refractivity contribution in [2.24, 2.45) is 11.7 Å². The minimum absolute atomic E-state index is 0.0240. The minimum atomic E-state index is -0.344. The second kappa shape index (κ2) is 8.44. The number of hydrogen-bond donors (Lipinski definition) is 2. The number of ether oxygens (including phenoxy) is 2. The maximum absolute atomic E-state index is 11.7. The van der Waals surface area contributed by atoms with Crippen LogP contribution in [-0.2, 0) is 14.3 Å². The molecule has 5 heteroatoms. The summed E-state index contributed by atoms with van der Waals surface area (Å²) in [6.07, 6.45) is 0.353. The Morgan fingerprint density at radius 3 is 2.47 bits per heavy atom. The van der Waals surface area contributed by atoms with Crippen molar-refractivity contribution in [1.82, 2.24) is 5.32 Å². The number of rotatable bonds is 9. The average Bonchev–Trinajstić information content (AvgIpc) is 2.28. The van der Waals surface area contributed by atoms with Gasteiger partial charge in [-0.3, -0.25) is 4.79 Å². The molecule has 0 heterocycles. The normalized spacial score (nSPS) is 14.7. The van der Waals surface area contributed by atoms with Crippen LogP contribution in [-0.4, -0.2) is 44.9 Å². The molecule has 0 bridgehead atoms. The molecule has 0 rings (SSSR count). The smallest absolute Gasteiger partial charge is 0.222 e. The van der Waals surface area contributed by atoms with Crippen LogP contribution >= 0.6 is 0 Å². The van der Waals surface area contributed by atoms with Crippen LogP contribution < -0.4 is 11.1 Å². The van der Waals surface area contributed by atoms with E-state index in [1.54, 1.807) is 7.11 Å². The van der Waals surface area contributed by atoms with Crippen molar-refractivity contribution >= 4 is 5.91 Å². The van der Waals surface area contributed by atoms with Gasteiger partial charge < -0.3 is 20.5 Å². The lowest BCUT2D eigenvalue weighted by Gasteiger charge is -2.33. The lowest BCUT2D eigenvalue weighted by molar-refractivity contribution is -0.124. The van der Waals surface area contributed by atoms with Crippen LogP contribution in [0.2, 0.25) is 0 Å². The molecular weight excluding hydrogens is 220 g/mol. The van der Waals surface area contributed by atoms with Crippen molar-refractivity contribution in [3.63, 3.8) is 0 Å². The third kappa shape index (κ3) is 6.61. The second-order valence-electron chi connectivity index (χ2n) is 4.68. The van der Waals surface area contributed by atoms with Gasteiger partial charge in [-0.25, -0.2) is 0 Å². The van der Waals surface area contributed by atoms with E-state index in [9.17, 15) is 4.79 Å². The quantitative estimate of drug-likeness (QED) is 0.582. The fourth-order valence-electron chi connectivity index (χ4n) is 1.22. The third-order valence-electron chi connectivity index (χ3n) is 3.03. The van der Waals surface area contributed by atoms with Gasteiger partial charge in [0.15, 0.2) is 0 Å². The summed E-state index contributed by atoms with van der Waals surface area (Å²) >= 11 is 0. The van der Waals surface area contributed by atoms with E-state index in [4.69, 9.17) is 15.2 Å². The summed E-state index contributed by atoms with van der Waals surface area (Å²) in [6.45, 7) is 7.96. The molecule has 0 fully saturated rings.